The van der Waals surface area contributed by atoms with Crippen molar-refractivity contribution >= 4 is 17.9 Å². The monoisotopic (exact) mass is 404 g/mol. The Bertz CT molecular complexity index is 1050. The molecule has 1 aliphatic carbocycles. The maximum Gasteiger partial charge on any atom is 0.415 e. The van der Waals surface area contributed by atoms with E-state index in [1.165, 1.54) is 0 Å². The molecule has 2 atom stereocenters. The van der Waals surface area contributed by atoms with Crippen molar-refractivity contribution in [2.75, 3.05) is 18.1 Å². The predicted molar refractivity (Wildman–Crippen MR) is 112 cm³/mol. The molecular weight excluding hydrogens is 380 g/mol. The number of hydrogen-bond donors (Lipinski definition) is 0. The zero-order valence-corrected chi connectivity index (χ0v) is 17.1. The van der Waals surface area contributed by atoms with Gasteiger partial charge < -0.3 is 9.47 Å². The van der Waals surface area contributed by atoms with Crippen molar-refractivity contribution in [1.29, 1.82) is 0 Å². The molecule has 0 bridgehead atoms. The number of fused-ring (bicyclic) bond motifs is 3. The molecule has 6 nitrogen and oxygen atoms in total. The first-order chi connectivity index (χ1) is 14.4. The maximum atomic E-state index is 13.3. The van der Waals surface area contributed by atoms with E-state index in [2.05, 4.69) is 19.9 Å². The Morgan fingerprint density at radius 3 is 2.60 bits per heavy atom. The fraction of sp³-hybridized carbons (Fsp3) is 0.333. The molecule has 0 spiro atoms. The van der Waals surface area contributed by atoms with Crippen LogP contribution in [0.1, 0.15) is 31.4 Å². The summed E-state index contributed by atoms with van der Waals surface area (Å²) in [6.07, 6.45) is 1.91. The van der Waals surface area contributed by atoms with Crippen LogP contribution >= 0.6 is 0 Å². The molecule has 2 heterocycles. The molecule has 5 rings (SSSR count). The van der Waals surface area contributed by atoms with Gasteiger partial charge in [0.2, 0.25) is 0 Å². The third-order valence-electron chi connectivity index (χ3n) is 6.92. The van der Waals surface area contributed by atoms with Crippen LogP contribution < -0.4 is 4.90 Å². The quantitative estimate of drug-likeness (QED) is 0.750. The number of para-hydroxylation sites is 1. The number of cyclic esters (lactones) is 1. The second-order valence-corrected chi connectivity index (χ2v) is 8.44. The number of rotatable bonds is 3. The molecule has 2 amide bonds. The van der Waals surface area contributed by atoms with Crippen LogP contribution in [-0.2, 0) is 21.5 Å². The van der Waals surface area contributed by atoms with Gasteiger partial charge in [0.25, 0.3) is 0 Å². The molecule has 0 unspecified atom stereocenters. The van der Waals surface area contributed by atoms with Crippen molar-refractivity contribution in [2.45, 2.75) is 37.8 Å². The normalized spacial score (nSPS) is 28.1. The Labute approximate surface area is 175 Å². The molecule has 6 heteroatoms. The minimum atomic E-state index is -0.604. The van der Waals surface area contributed by atoms with Gasteiger partial charge in [0.1, 0.15) is 13.2 Å². The average molecular weight is 404 g/mol. The van der Waals surface area contributed by atoms with Gasteiger partial charge in [-0.1, -0.05) is 55.5 Å². The van der Waals surface area contributed by atoms with Crippen LogP contribution in [0.2, 0.25) is 0 Å². The summed E-state index contributed by atoms with van der Waals surface area (Å²) in [7, 11) is 0. The summed E-state index contributed by atoms with van der Waals surface area (Å²) in [6, 6.07) is 17.6. The molecule has 0 N–H and O–H groups in total. The smallest absolute Gasteiger partial charge is 0.415 e. The predicted octanol–water partition coefficient (Wildman–Crippen LogP) is 4.60. The SMILES string of the molecule is C[C@@]12C/C(=C/N3CCOC3=O)[C@]1(C)N(C(=O)OCc1ccccc1)c1ccccc12. The van der Waals surface area contributed by atoms with E-state index in [1.54, 1.807) is 9.80 Å². The van der Waals surface area contributed by atoms with Crippen molar-refractivity contribution in [3.05, 3.63) is 77.5 Å². The highest BCUT2D eigenvalue weighted by molar-refractivity contribution is 5.96. The number of anilines is 1. The molecule has 154 valence electrons. The molecule has 2 aromatic carbocycles. The standard InChI is InChI=1S/C24H24N2O4/c1-23-14-18(15-25-12-13-29-21(25)27)24(23,2)26(20-11-7-6-10-19(20)23)22(28)30-16-17-8-4-3-5-9-17/h3-11,15H,12-14,16H2,1-2H3/b18-15-/t23-,24-/m0/s1. The lowest BCUT2D eigenvalue weighted by Crippen LogP contribution is -2.65. The molecule has 1 saturated carbocycles. The second kappa shape index (κ2) is 6.62. The molecule has 30 heavy (non-hydrogen) atoms. The maximum absolute atomic E-state index is 13.3. The van der Waals surface area contributed by atoms with Crippen molar-refractivity contribution in [3.8, 4) is 0 Å². The highest BCUT2D eigenvalue weighted by Gasteiger charge is 2.68. The fourth-order valence-electron chi connectivity index (χ4n) is 5.04. The van der Waals surface area contributed by atoms with Gasteiger partial charge in [0.15, 0.2) is 0 Å². The first-order valence-corrected chi connectivity index (χ1v) is 10.2. The van der Waals surface area contributed by atoms with Crippen LogP contribution in [0, 0.1) is 0 Å². The van der Waals surface area contributed by atoms with E-state index in [9.17, 15) is 9.59 Å². The molecular formula is C24H24N2O4. The Morgan fingerprint density at radius 1 is 1.13 bits per heavy atom. The van der Waals surface area contributed by atoms with Crippen molar-refractivity contribution < 1.29 is 19.1 Å². The van der Waals surface area contributed by atoms with Crippen molar-refractivity contribution in [2.24, 2.45) is 0 Å². The van der Waals surface area contributed by atoms with E-state index < -0.39 is 5.54 Å². The van der Waals surface area contributed by atoms with Crippen LogP contribution in [0.4, 0.5) is 15.3 Å². The number of hydrogen-bond acceptors (Lipinski definition) is 4. The number of carbonyl (C=O) groups is 2. The summed E-state index contributed by atoms with van der Waals surface area (Å²) in [5.41, 5.74) is 3.11. The van der Waals surface area contributed by atoms with Gasteiger partial charge in [-0.05, 0) is 36.1 Å². The van der Waals surface area contributed by atoms with Gasteiger partial charge in [-0.25, -0.2) is 9.59 Å². The first kappa shape index (κ1) is 18.7. The first-order valence-electron chi connectivity index (χ1n) is 10.2. The lowest BCUT2D eigenvalue weighted by Gasteiger charge is -2.56. The topological polar surface area (TPSA) is 59.1 Å². The van der Waals surface area contributed by atoms with E-state index >= 15 is 0 Å². The summed E-state index contributed by atoms with van der Waals surface area (Å²) >= 11 is 0. The second-order valence-electron chi connectivity index (χ2n) is 8.44. The van der Waals surface area contributed by atoms with E-state index in [4.69, 9.17) is 9.47 Å². The third kappa shape index (κ3) is 2.49. The van der Waals surface area contributed by atoms with E-state index in [-0.39, 0.29) is 24.2 Å². The van der Waals surface area contributed by atoms with Crippen LogP contribution in [0.15, 0.2) is 66.4 Å². The van der Waals surface area contributed by atoms with E-state index in [0.717, 1.165) is 28.8 Å². The van der Waals surface area contributed by atoms with Crippen LogP contribution in [0.5, 0.6) is 0 Å². The summed E-state index contributed by atoms with van der Waals surface area (Å²) in [4.78, 5) is 28.7. The lowest BCUT2D eigenvalue weighted by atomic mass is 9.52. The molecule has 2 aliphatic heterocycles. The van der Waals surface area contributed by atoms with Gasteiger partial charge >= 0.3 is 12.2 Å². The number of ether oxygens (including phenoxy) is 2. The zero-order chi connectivity index (χ0) is 20.9. The van der Waals surface area contributed by atoms with E-state index in [1.807, 2.05) is 54.7 Å². The Hall–Kier alpha value is -3.28. The molecule has 1 saturated heterocycles. The molecule has 2 fully saturated rings. The molecule has 0 radical (unpaired) electrons. The highest BCUT2D eigenvalue weighted by Crippen LogP contribution is 2.65. The number of amides is 2. The van der Waals surface area contributed by atoms with Crippen molar-refractivity contribution in [3.63, 3.8) is 0 Å². The van der Waals surface area contributed by atoms with Gasteiger partial charge in [-0.3, -0.25) is 9.80 Å². The van der Waals surface area contributed by atoms with Crippen LogP contribution in [0.25, 0.3) is 0 Å². The molecule has 3 aliphatic rings. The number of benzene rings is 2. The average Bonchev–Trinajstić information content (AvgIpc) is 3.22. The Morgan fingerprint density at radius 2 is 1.87 bits per heavy atom. The van der Waals surface area contributed by atoms with Crippen LogP contribution in [-0.4, -0.2) is 35.8 Å². The minimum Gasteiger partial charge on any atom is -0.447 e. The lowest BCUT2D eigenvalue weighted by molar-refractivity contribution is 0.127. The fourth-order valence-corrected chi connectivity index (χ4v) is 5.04. The highest BCUT2D eigenvalue weighted by atomic mass is 16.6. The van der Waals surface area contributed by atoms with Gasteiger partial charge in [-0.2, -0.15) is 0 Å². The van der Waals surface area contributed by atoms with Gasteiger partial charge in [0, 0.05) is 11.6 Å². The minimum absolute atomic E-state index is 0.211. The summed E-state index contributed by atoms with van der Waals surface area (Å²) in [5, 5.41) is 0. The molecule has 2 aromatic rings. The molecule has 0 aromatic heterocycles. The Kier molecular flexibility index (Phi) is 4.13. The number of nitrogens with zero attached hydrogens (tertiary/aromatic N) is 2. The van der Waals surface area contributed by atoms with Gasteiger partial charge in [-0.15, -0.1) is 0 Å². The van der Waals surface area contributed by atoms with Crippen LogP contribution in [0.3, 0.4) is 0 Å². The summed E-state index contributed by atoms with van der Waals surface area (Å²) < 4.78 is 10.8. The van der Waals surface area contributed by atoms with Crippen molar-refractivity contribution in [1.82, 2.24) is 4.90 Å². The Balaban J connectivity index is 1.50. The zero-order valence-electron chi connectivity index (χ0n) is 17.1. The third-order valence-corrected chi connectivity index (χ3v) is 6.92. The van der Waals surface area contributed by atoms with Gasteiger partial charge in [0.05, 0.1) is 17.8 Å². The number of carbonyl (C=O) groups excluding carboxylic acids is 2. The van der Waals surface area contributed by atoms with E-state index in [0.29, 0.717) is 13.2 Å². The largest absolute Gasteiger partial charge is 0.447 e. The summed E-state index contributed by atoms with van der Waals surface area (Å²) in [5.74, 6) is 0. The summed E-state index contributed by atoms with van der Waals surface area (Å²) in [6.45, 7) is 5.37.